The largest absolute Gasteiger partial charge is 0.299 e. The lowest BCUT2D eigenvalue weighted by atomic mass is 10.2. The van der Waals surface area contributed by atoms with E-state index in [1.165, 1.54) is 19.3 Å². The summed E-state index contributed by atoms with van der Waals surface area (Å²) in [4.78, 5) is 11.4. The van der Waals surface area contributed by atoms with E-state index in [4.69, 9.17) is 0 Å². The molecule has 0 spiro atoms. The van der Waals surface area contributed by atoms with E-state index >= 15 is 0 Å². The zero-order chi connectivity index (χ0) is 9.68. The highest BCUT2D eigenvalue weighted by Crippen LogP contribution is 2.33. The van der Waals surface area contributed by atoms with Crippen LogP contribution >= 0.6 is 11.8 Å². The molecule has 0 aromatic carbocycles. The second-order valence-corrected chi connectivity index (χ2v) is 5.48. The van der Waals surface area contributed by atoms with E-state index in [9.17, 15) is 4.79 Å². The van der Waals surface area contributed by atoms with Crippen LogP contribution in [0, 0.1) is 5.92 Å². The minimum Gasteiger partial charge on any atom is -0.299 e. The first-order valence-corrected chi connectivity index (χ1v) is 6.40. The van der Waals surface area contributed by atoms with Crippen LogP contribution in [0.2, 0.25) is 0 Å². The van der Waals surface area contributed by atoms with Crippen LogP contribution in [0.1, 0.15) is 46.0 Å². The van der Waals surface area contributed by atoms with Crippen molar-refractivity contribution in [1.29, 1.82) is 0 Å². The van der Waals surface area contributed by atoms with Crippen LogP contribution in [0.4, 0.5) is 0 Å². The predicted molar refractivity (Wildman–Crippen MR) is 59.2 cm³/mol. The highest BCUT2D eigenvalue weighted by molar-refractivity contribution is 8.00. The normalized spacial score (nSPS) is 18.6. The minimum absolute atomic E-state index is 0.456. The Morgan fingerprint density at radius 1 is 1.54 bits per heavy atom. The average Bonchev–Trinajstić information content (AvgIpc) is 2.94. The van der Waals surface area contributed by atoms with Crippen LogP contribution in [0.25, 0.3) is 0 Å². The fourth-order valence-electron chi connectivity index (χ4n) is 1.20. The summed E-state index contributed by atoms with van der Waals surface area (Å²) >= 11 is 1.81. The molecule has 0 heterocycles. The summed E-state index contributed by atoms with van der Waals surface area (Å²) in [6, 6.07) is 0. The van der Waals surface area contributed by atoms with Crippen molar-refractivity contribution in [2.45, 2.75) is 51.2 Å². The van der Waals surface area contributed by atoms with Crippen LogP contribution in [0.5, 0.6) is 0 Å². The van der Waals surface area contributed by atoms with E-state index in [1.54, 1.807) is 0 Å². The van der Waals surface area contributed by atoms with Crippen LogP contribution < -0.4 is 0 Å². The van der Waals surface area contributed by atoms with Crippen LogP contribution in [0.3, 0.4) is 0 Å². The van der Waals surface area contributed by atoms with Gasteiger partial charge in [-0.2, -0.15) is 11.8 Å². The molecule has 0 amide bonds. The molecular formula is C11H20OS. The molecule has 1 unspecified atom stereocenters. The third-order valence-electron chi connectivity index (χ3n) is 2.63. The van der Waals surface area contributed by atoms with Crippen molar-refractivity contribution < 1.29 is 4.79 Å². The molecule has 1 rings (SSSR count). The molecule has 76 valence electrons. The summed E-state index contributed by atoms with van der Waals surface area (Å²) in [5, 5.41) is 0.643. The summed E-state index contributed by atoms with van der Waals surface area (Å²) in [7, 11) is 0. The van der Waals surface area contributed by atoms with Gasteiger partial charge in [0, 0.05) is 11.7 Å². The number of hydrogen-bond donors (Lipinski definition) is 0. The zero-order valence-corrected chi connectivity index (χ0v) is 9.53. The van der Waals surface area contributed by atoms with Crippen molar-refractivity contribution in [3.05, 3.63) is 0 Å². The molecule has 0 bridgehead atoms. The Labute approximate surface area is 85.7 Å². The van der Waals surface area contributed by atoms with Gasteiger partial charge in [-0.1, -0.05) is 26.7 Å². The Hall–Kier alpha value is 0.0200. The molecule has 13 heavy (non-hydrogen) atoms. The molecule has 0 N–H and O–H groups in total. The van der Waals surface area contributed by atoms with E-state index in [1.807, 2.05) is 11.8 Å². The van der Waals surface area contributed by atoms with E-state index in [2.05, 4.69) is 13.8 Å². The fourth-order valence-corrected chi connectivity index (χ4v) is 2.05. The highest BCUT2D eigenvalue weighted by atomic mass is 32.2. The molecule has 0 aliphatic heterocycles. The van der Waals surface area contributed by atoms with Crippen molar-refractivity contribution in [2.75, 3.05) is 5.75 Å². The summed E-state index contributed by atoms with van der Waals surface area (Å²) < 4.78 is 0. The van der Waals surface area contributed by atoms with Gasteiger partial charge in [0.2, 0.25) is 0 Å². The predicted octanol–water partition coefficient (Wildman–Crippen LogP) is 3.28. The first-order valence-electron chi connectivity index (χ1n) is 5.35. The number of ketones is 1. The summed E-state index contributed by atoms with van der Waals surface area (Å²) in [6.07, 6.45) is 5.88. The number of rotatable bonds is 7. The topological polar surface area (TPSA) is 17.1 Å². The van der Waals surface area contributed by atoms with Crippen molar-refractivity contribution in [3.63, 3.8) is 0 Å². The molecule has 1 aliphatic carbocycles. The number of thioether (sulfide) groups is 1. The lowest BCUT2D eigenvalue weighted by molar-refractivity contribution is -0.116. The van der Waals surface area contributed by atoms with Gasteiger partial charge in [-0.05, 0) is 18.8 Å². The molecule has 1 aliphatic rings. The van der Waals surface area contributed by atoms with Gasteiger partial charge in [0.15, 0.2) is 0 Å². The van der Waals surface area contributed by atoms with Crippen molar-refractivity contribution >= 4 is 17.5 Å². The summed E-state index contributed by atoms with van der Waals surface area (Å²) in [5.74, 6) is 2.09. The second kappa shape index (κ2) is 5.69. The van der Waals surface area contributed by atoms with E-state index < -0.39 is 0 Å². The Morgan fingerprint density at radius 2 is 2.23 bits per heavy atom. The number of carbonyl (C=O) groups excluding carboxylic acids is 1. The minimum atomic E-state index is 0.456. The maximum absolute atomic E-state index is 11.4. The van der Waals surface area contributed by atoms with E-state index in [0.29, 0.717) is 11.0 Å². The smallest absolute Gasteiger partial charge is 0.142 e. The Kier molecular flexibility index (Phi) is 4.86. The summed E-state index contributed by atoms with van der Waals surface area (Å²) in [6.45, 7) is 4.37. The molecule has 2 heteroatoms. The Morgan fingerprint density at radius 3 is 2.77 bits per heavy atom. The third-order valence-corrected chi connectivity index (χ3v) is 4.02. The first kappa shape index (κ1) is 11.1. The Balaban J connectivity index is 1.96. The molecular weight excluding hydrogens is 180 g/mol. The second-order valence-electron chi connectivity index (χ2n) is 4.05. The summed E-state index contributed by atoms with van der Waals surface area (Å²) in [5.41, 5.74) is 0. The first-order chi connectivity index (χ1) is 6.22. The molecule has 0 saturated heterocycles. The maximum Gasteiger partial charge on any atom is 0.142 e. The lowest BCUT2D eigenvalue weighted by Gasteiger charge is -2.06. The van der Waals surface area contributed by atoms with Crippen LogP contribution in [-0.2, 0) is 4.79 Å². The quantitative estimate of drug-likeness (QED) is 0.627. The monoisotopic (exact) mass is 200 g/mol. The van der Waals surface area contributed by atoms with Gasteiger partial charge >= 0.3 is 0 Å². The van der Waals surface area contributed by atoms with Crippen molar-refractivity contribution in [2.24, 2.45) is 5.92 Å². The number of hydrogen-bond acceptors (Lipinski definition) is 2. The molecule has 1 nitrogen and oxygen atoms in total. The lowest BCUT2D eigenvalue weighted by Crippen LogP contribution is -2.05. The van der Waals surface area contributed by atoms with Crippen molar-refractivity contribution in [1.82, 2.24) is 0 Å². The number of Topliss-reactive ketones (excluding diaryl/α,β-unsaturated/α-hetero) is 1. The van der Waals surface area contributed by atoms with Gasteiger partial charge in [-0.25, -0.2) is 0 Å². The van der Waals surface area contributed by atoms with Crippen molar-refractivity contribution in [3.8, 4) is 0 Å². The molecule has 0 aromatic rings. The molecule has 0 radical (unpaired) electrons. The molecule has 0 aromatic heterocycles. The third kappa shape index (κ3) is 5.35. The number of carbonyl (C=O) groups is 1. The van der Waals surface area contributed by atoms with Gasteiger partial charge in [0.1, 0.15) is 5.78 Å². The standard InChI is InChI=1S/C11H20OS/c1-3-9(2)13-8-11(12)7-6-10-4-5-10/h9-10H,3-8H2,1-2H3. The molecule has 1 saturated carbocycles. The van der Waals surface area contributed by atoms with Crippen LogP contribution in [-0.4, -0.2) is 16.8 Å². The molecule has 1 fully saturated rings. The Bertz CT molecular complexity index is 163. The van der Waals surface area contributed by atoms with Gasteiger partial charge in [-0.15, -0.1) is 0 Å². The average molecular weight is 200 g/mol. The van der Waals surface area contributed by atoms with Crippen LogP contribution in [0.15, 0.2) is 0 Å². The van der Waals surface area contributed by atoms with Gasteiger partial charge in [0.05, 0.1) is 5.75 Å². The highest BCUT2D eigenvalue weighted by Gasteiger charge is 2.21. The van der Waals surface area contributed by atoms with Gasteiger partial charge in [0.25, 0.3) is 0 Å². The molecule has 1 atom stereocenters. The maximum atomic E-state index is 11.4. The van der Waals surface area contributed by atoms with Gasteiger partial charge < -0.3 is 0 Å². The fraction of sp³-hybridized carbons (Fsp3) is 0.909. The SMILES string of the molecule is CCC(C)SCC(=O)CCC1CC1. The van der Waals surface area contributed by atoms with E-state index in [-0.39, 0.29) is 0 Å². The zero-order valence-electron chi connectivity index (χ0n) is 8.71. The van der Waals surface area contributed by atoms with Gasteiger partial charge in [-0.3, -0.25) is 4.79 Å². The van der Waals surface area contributed by atoms with E-state index in [0.717, 1.165) is 24.5 Å².